The van der Waals surface area contributed by atoms with Crippen molar-refractivity contribution in [1.82, 2.24) is 25.0 Å². The smallest absolute Gasteiger partial charge is 0.293 e. The van der Waals surface area contributed by atoms with Crippen LogP contribution in [0.2, 0.25) is 0 Å². The minimum Gasteiger partial charge on any atom is -0.490 e. The minimum atomic E-state index is -0.314. The number of hydrogen-bond acceptors (Lipinski definition) is 5. The number of nitrogens with one attached hydrogen (secondary N) is 1. The van der Waals surface area contributed by atoms with Crippen molar-refractivity contribution < 1.29 is 4.74 Å². The van der Waals surface area contributed by atoms with E-state index in [4.69, 9.17) is 4.74 Å². The first-order valence-electron chi connectivity index (χ1n) is 4.63. The van der Waals surface area contributed by atoms with Gasteiger partial charge in [-0.15, -0.1) is 5.10 Å². The molecule has 0 fully saturated rings. The molecule has 16 heavy (non-hydrogen) atoms. The maximum absolute atomic E-state index is 11.6. The summed E-state index contributed by atoms with van der Waals surface area (Å²) in [6, 6.07) is 0. The summed E-state index contributed by atoms with van der Waals surface area (Å²) < 4.78 is 6.47. The lowest BCUT2D eigenvalue weighted by Gasteiger charge is -2.05. The molecule has 84 valence electrons. The van der Waals surface area contributed by atoms with E-state index >= 15 is 0 Å². The SMILES string of the molecule is COc1c(C)nc(-c2cnnn2C)[nH]c1=O. The highest BCUT2D eigenvalue weighted by molar-refractivity contribution is 5.48. The Kier molecular flexibility index (Phi) is 2.43. The van der Waals surface area contributed by atoms with Gasteiger partial charge in [0.25, 0.3) is 5.56 Å². The number of hydrogen-bond donors (Lipinski definition) is 1. The van der Waals surface area contributed by atoms with Crippen molar-refractivity contribution in [2.24, 2.45) is 7.05 Å². The normalized spacial score (nSPS) is 10.4. The molecular weight excluding hydrogens is 210 g/mol. The van der Waals surface area contributed by atoms with Crippen LogP contribution in [0.25, 0.3) is 11.5 Å². The summed E-state index contributed by atoms with van der Waals surface area (Å²) in [4.78, 5) is 18.5. The van der Waals surface area contributed by atoms with Gasteiger partial charge in [-0.1, -0.05) is 5.21 Å². The van der Waals surface area contributed by atoms with Crippen molar-refractivity contribution >= 4 is 0 Å². The highest BCUT2D eigenvalue weighted by Crippen LogP contribution is 2.14. The lowest BCUT2D eigenvalue weighted by Crippen LogP contribution is -2.14. The fraction of sp³-hybridized carbons (Fsp3) is 0.333. The maximum Gasteiger partial charge on any atom is 0.293 e. The quantitative estimate of drug-likeness (QED) is 0.764. The van der Waals surface area contributed by atoms with Gasteiger partial charge in [-0.25, -0.2) is 9.67 Å². The molecule has 7 nitrogen and oxygen atoms in total. The molecule has 0 amide bonds. The zero-order valence-electron chi connectivity index (χ0n) is 9.18. The van der Waals surface area contributed by atoms with Gasteiger partial charge in [0.2, 0.25) is 5.75 Å². The summed E-state index contributed by atoms with van der Waals surface area (Å²) >= 11 is 0. The number of nitrogens with zero attached hydrogens (tertiary/aromatic N) is 4. The standard InChI is InChI=1S/C9H11N5O2/c1-5-7(16-3)9(15)12-8(11-5)6-4-10-13-14(6)2/h4H,1-3H3,(H,11,12,15). The van der Waals surface area contributed by atoms with Crippen molar-refractivity contribution in [3.8, 4) is 17.3 Å². The number of aromatic amines is 1. The molecule has 0 saturated heterocycles. The first-order valence-corrected chi connectivity index (χ1v) is 4.63. The van der Waals surface area contributed by atoms with Gasteiger partial charge in [0.1, 0.15) is 5.69 Å². The monoisotopic (exact) mass is 221 g/mol. The molecule has 1 N–H and O–H groups in total. The Morgan fingerprint density at radius 1 is 1.50 bits per heavy atom. The minimum absolute atomic E-state index is 0.221. The van der Waals surface area contributed by atoms with E-state index in [0.29, 0.717) is 17.2 Å². The van der Waals surface area contributed by atoms with Crippen molar-refractivity contribution in [3.05, 3.63) is 22.2 Å². The van der Waals surface area contributed by atoms with Crippen LogP contribution in [0.1, 0.15) is 5.69 Å². The fourth-order valence-electron chi connectivity index (χ4n) is 1.44. The Bertz CT molecular complexity index is 572. The van der Waals surface area contributed by atoms with Crippen LogP contribution in [0.15, 0.2) is 11.0 Å². The molecule has 0 radical (unpaired) electrons. The van der Waals surface area contributed by atoms with Gasteiger partial charge in [0.15, 0.2) is 5.82 Å². The van der Waals surface area contributed by atoms with Crippen molar-refractivity contribution in [3.63, 3.8) is 0 Å². The summed E-state index contributed by atoms with van der Waals surface area (Å²) in [6.45, 7) is 1.71. The molecule has 2 rings (SSSR count). The molecule has 0 bridgehead atoms. The first kappa shape index (κ1) is 10.3. The van der Waals surface area contributed by atoms with E-state index in [2.05, 4.69) is 20.3 Å². The van der Waals surface area contributed by atoms with Gasteiger partial charge in [-0.3, -0.25) is 4.79 Å². The third kappa shape index (κ3) is 1.56. The molecule has 0 aliphatic carbocycles. The highest BCUT2D eigenvalue weighted by atomic mass is 16.5. The molecule has 0 saturated carbocycles. The largest absolute Gasteiger partial charge is 0.490 e. The van der Waals surface area contributed by atoms with E-state index in [1.807, 2.05) is 0 Å². The van der Waals surface area contributed by atoms with E-state index in [-0.39, 0.29) is 11.3 Å². The molecule has 0 atom stereocenters. The van der Waals surface area contributed by atoms with E-state index in [1.54, 1.807) is 14.0 Å². The lowest BCUT2D eigenvalue weighted by atomic mass is 10.3. The molecule has 2 heterocycles. The van der Waals surface area contributed by atoms with Gasteiger partial charge in [-0.2, -0.15) is 0 Å². The lowest BCUT2D eigenvalue weighted by molar-refractivity contribution is 0.402. The zero-order valence-corrected chi connectivity index (χ0v) is 9.18. The van der Waals surface area contributed by atoms with Crippen molar-refractivity contribution in [1.29, 1.82) is 0 Å². The second kappa shape index (κ2) is 3.76. The average Bonchev–Trinajstić information content (AvgIpc) is 2.64. The number of ether oxygens (including phenoxy) is 1. The second-order valence-corrected chi connectivity index (χ2v) is 3.28. The summed E-state index contributed by atoms with van der Waals surface area (Å²) in [5.41, 5.74) is 0.858. The van der Waals surface area contributed by atoms with Gasteiger partial charge < -0.3 is 9.72 Å². The van der Waals surface area contributed by atoms with Crippen molar-refractivity contribution in [2.45, 2.75) is 6.92 Å². The van der Waals surface area contributed by atoms with Crippen molar-refractivity contribution in [2.75, 3.05) is 7.11 Å². The Hall–Kier alpha value is -2.18. The zero-order chi connectivity index (χ0) is 11.7. The van der Waals surface area contributed by atoms with Crippen LogP contribution in [-0.2, 0) is 7.05 Å². The highest BCUT2D eigenvalue weighted by Gasteiger charge is 2.11. The average molecular weight is 221 g/mol. The van der Waals surface area contributed by atoms with E-state index < -0.39 is 0 Å². The van der Waals surface area contributed by atoms with Crippen LogP contribution in [-0.4, -0.2) is 32.1 Å². The van der Waals surface area contributed by atoms with Gasteiger partial charge in [0, 0.05) is 7.05 Å². The molecule has 0 unspecified atom stereocenters. The number of H-pyrrole nitrogens is 1. The Balaban J connectivity index is 2.61. The third-order valence-electron chi connectivity index (χ3n) is 2.21. The molecule has 7 heteroatoms. The molecule has 0 aliphatic rings. The third-order valence-corrected chi connectivity index (χ3v) is 2.21. The van der Waals surface area contributed by atoms with Gasteiger partial charge in [-0.05, 0) is 6.92 Å². The number of rotatable bonds is 2. The summed E-state index contributed by atoms with van der Waals surface area (Å²) in [6.07, 6.45) is 1.53. The van der Waals surface area contributed by atoms with E-state index in [9.17, 15) is 4.79 Å². The predicted octanol–water partition coefficient (Wildman–Crippen LogP) is -0.118. The Morgan fingerprint density at radius 3 is 2.75 bits per heavy atom. The first-order chi connectivity index (χ1) is 7.63. The second-order valence-electron chi connectivity index (χ2n) is 3.28. The van der Waals surface area contributed by atoms with Crippen LogP contribution in [0.4, 0.5) is 0 Å². The molecule has 0 aliphatic heterocycles. The van der Waals surface area contributed by atoms with Crippen LogP contribution < -0.4 is 10.3 Å². The Morgan fingerprint density at radius 2 is 2.25 bits per heavy atom. The number of methoxy groups -OCH3 is 1. The van der Waals surface area contributed by atoms with E-state index in [1.165, 1.54) is 18.0 Å². The topological polar surface area (TPSA) is 85.7 Å². The molecule has 2 aromatic heterocycles. The maximum atomic E-state index is 11.6. The predicted molar refractivity (Wildman–Crippen MR) is 56.1 cm³/mol. The number of aromatic nitrogens is 5. The van der Waals surface area contributed by atoms with Crippen LogP contribution in [0, 0.1) is 6.92 Å². The van der Waals surface area contributed by atoms with Gasteiger partial charge in [0.05, 0.1) is 19.0 Å². The van der Waals surface area contributed by atoms with Crippen LogP contribution in [0.3, 0.4) is 0 Å². The molecular formula is C9H11N5O2. The van der Waals surface area contributed by atoms with E-state index in [0.717, 1.165) is 0 Å². The molecule has 0 aromatic carbocycles. The fourth-order valence-corrected chi connectivity index (χ4v) is 1.44. The number of aryl methyl sites for hydroxylation is 2. The summed E-state index contributed by atoms with van der Waals surface area (Å²) in [5.74, 6) is 0.648. The summed E-state index contributed by atoms with van der Waals surface area (Å²) in [7, 11) is 3.16. The summed E-state index contributed by atoms with van der Waals surface area (Å²) in [5, 5.41) is 7.49. The van der Waals surface area contributed by atoms with Gasteiger partial charge >= 0.3 is 0 Å². The molecule has 0 spiro atoms. The Labute approximate surface area is 91.1 Å². The molecule has 2 aromatic rings. The van der Waals surface area contributed by atoms with Crippen LogP contribution >= 0.6 is 0 Å². The van der Waals surface area contributed by atoms with Crippen LogP contribution in [0.5, 0.6) is 5.75 Å².